The van der Waals surface area contributed by atoms with Crippen molar-refractivity contribution in [2.24, 2.45) is 0 Å². The summed E-state index contributed by atoms with van der Waals surface area (Å²) >= 11 is 0. The topological polar surface area (TPSA) is 115 Å². The summed E-state index contributed by atoms with van der Waals surface area (Å²) in [6.07, 6.45) is 1.75. The Labute approximate surface area is 202 Å². The standard InChI is InChI=1S/C27H25N3O5/c1-3-4-15-35-27(33)18-11-9-17(10-12-18)24-28-25(20-7-5-6-8-22(20)31)30-26(29-24)21-14-13-19(34-2)16-23(21)32/h5-14,16,31-32H,3-4,15H2,1-2H3. The van der Waals surface area contributed by atoms with Crippen LogP contribution in [0.5, 0.6) is 17.2 Å². The van der Waals surface area contributed by atoms with Gasteiger partial charge in [0.2, 0.25) is 0 Å². The molecule has 8 heteroatoms. The maximum absolute atomic E-state index is 12.2. The second-order valence-corrected chi connectivity index (χ2v) is 7.77. The fourth-order valence-electron chi connectivity index (χ4n) is 3.38. The average molecular weight is 472 g/mol. The number of carbonyl (C=O) groups excluding carboxylic acids is 1. The highest BCUT2D eigenvalue weighted by Crippen LogP contribution is 2.34. The summed E-state index contributed by atoms with van der Waals surface area (Å²) in [6, 6.07) is 18.3. The summed E-state index contributed by atoms with van der Waals surface area (Å²) in [4.78, 5) is 25.9. The number of ether oxygens (including phenoxy) is 2. The number of para-hydroxylation sites is 1. The van der Waals surface area contributed by atoms with Crippen LogP contribution in [0.2, 0.25) is 0 Å². The largest absolute Gasteiger partial charge is 0.507 e. The van der Waals surface area contributed by atoms with Crippen molar-refractivity contribution in [1.29, 1.82) is 0 Å². The molecule has 0 aliphatic heterocycles. The summed E-state index contributed by atoms with van der Waals surface area (Å²) in [7, 11) is 1.51. The molecule has 2 N–H and O–H groups in total. The minimum Gasteiger partial charge on any atom is -0.507 e. The van der Waals surface area contributed by atoms with Crippen LogP contribution in [0.15, 0.2) is 66.7 Å². The minimum absolute atomic E-state index is 0.0136. The molecule has 0 atom stereocenters. The number of aromatic nitrogens is 3. The third kappa shape index (κ3) is 5.38. The fourth-order valence-corrected chi connectivity index (χ4v) is 3.38. The van der Waals surface area contributed by atoms with Gasteiger partial charge in [0.05, 0.1) is 30.4 Å². The van der Waals surface area contributed by atoms with Crippen molar-refractivity contribution >= 4 is 5.97 Å². The quantitative estimate of drug-likeness (QED) is 0.265. The van der Waals surface area contributed by atoms with Crippen LogP contribution in [-0.2, 0) is 4.74 Å². The van der Waals surface area contributed by atoms with Crippen LogP contribution < -0.4 is 4.74 Å². The van der Waals surface area contributed by atoms with E-state index in [2.05, 4.69) is 15.0 Å². The van der Waals surface area contributed by atoms with Gasteiger partial charge in [-0.15, -0.1) is 0 Å². The average Bonchev–Trinajstić information content (AvgIpc) is 2.88. The van der Waals surface area contributed by atoms with E-state index in [0.717, 1.165) is 12.8 Å². The van der Waals surface area contributed by atoms with Crippen molar-refractivity contribution in [3.63, 3.8) is 0 Å². The second kappa shape index (κ2) is 10.6. The number of hydrogen-bond donors (Lipinski definition) is 2. The number of aromatic hydroxyl groups is 2. The van der Waals surface area contributed by atoms with Gasteiger partial charge in [-0.25, -0.2) is 19.7 Å². The van der Waals surface area contributed by atoms with Gasteiger partial charge in [0, 0.05) is 11.6 Å². The number of nitrogens with zero attached hydrogens (tertiary/aromatic N) is 3. The molecule has 1 heterocycles. The zero-order chi connectivity index (χ0) is 24.8. The smallest absolute Gasteiger partial charge is 0.338 e. The van der Waals surface area contributed by atoms with Crippen molar-refractivity contribution in [1.82, 2.24) is 15.0 Å². The van der Waals surface area contributed by atoms with Crippen LogP contribution in [0.25, 0.3) is 34.2 Å². The zero-order valence-electron chi connectivity index (χ0n) is 19.4. The van der Waals surface area contributed by atoms with Gasteiger partial charge < -0.3 is 19.7 Å². The van der Waals surface area contributed by atoms with E-state index in [1.54, 1.807) is 60.7 Å². The van der Waals surface area contributed by atoms with Crippen LogP contribution in [0.3, 0.4) is 0 Å². The van der Waals surface area contributed by atoms with Crippen LogP contribution in [0, 0.1) is 0 Å². The van der Waals surface area contributed by atoms with E-state index in [9.17, 15) is 15.0 Å². The van der Waals surface area contributed by atoms with Gasteiger partial charge in [0.15, 0.2) is 17.5 Å². The van der Waals surface area contributed by atoms with E-state index >= 15 is 0 Å². The third-order valence-corrected chi connectivity index (χ3v) is 5.34. The molecule has 8 nitrogen and oxygen atoms in total. The first-order valence-corrected chi connectivity index (χ1v) is 11.2. The number of hydrogen-bond acceptors (Lipinski definition) is 8. The molecule has 3 aromatic carbocycles. The Balaban J connectivity index is 1.77. The third-order valence-electron chi connectivity index (χ3n) is 5.34. The monoisotopic (exact) mass is 471 g/mol. The normalized spacial score (nSPS) is 10.7. The Morgan fingerprint density at radius 2 is 1.49 bits per heavy atom. The Hall–Kier alpha value is -4.46. The van der Waals surface area contributed by atoms with Crippen molar-refractivity contribution in [2.45, 2.75) is 19.8 Å². The van der Waals surface area contributed by atoms with Gasteiger partial charge in [0.1, 0.15) is 17.2 Å². The van der Waals surface area contributed by atoms with Crippen LogP contribution in [-0.4, -0.2) is 44.9 Å². The molecule has 0 saturated heterocycles. The molecular formula is C27H25N3O5. The first kappa shape index (κ1) is 23.7. The number of benzene rings is 3. The van der Waals surface area contributed by atoms with E-state index in [4.69, 9.17) is 9.47 Å². The maximum atomic E-state index is 12.2. The Kier molecular flexibility index (Phi) is 7.21. The first-order valence-electron chi connectivity index (χ1n) is 11.2. The highest BCUT2D eigenvalue weighted by molar-refractivity contribution is 5.90. The van der Waals surface area contributed by atoms with Gasteiger partial charge in [-0.2, -0.15) is 0 Å². The molecule has 35 heavy (non-hydrogen) atoms. The molecule has 0 radical (unpaired) electrons. The maximum Gasteiger partial charge on any atom is 0.338 e. The summed E-state index contributed by atoms with van der Waals surface area (Å²) < 4.78 is 10.4. The number of phenols is 2. The van der Waals surface area contributed by atoms with Gasteiger partial charge in [-0.1, -0.05) is 37.6 Å². The first-order chi connectivity index (χ1) is 17.0. The fraction of sp³-hybridized carbons (Fsp3) is 0.185. The summed E-state index contributed by atoms with van der Waals surface area (Å²) in [6.45, 7) is 2.41. The SMILES string of the molecule is CCCCOC(=O)c1ccc(-c2nc(-c3ccccc3O)nc(-c3ccc(OC)cc3O)n2)cc1. The molecule has 4 rings (SSSR count). The van der Waals surface area contributed by atoms with Crippen molar-refractivity contribution in [3.8, 4) is 51.4 Å². The predicted molar refractivity (Wildman–Crippen MR) is 131 cm³/mol. The summed E-state index contributed by atoms with van der Waals surface area (Å²) in [5.41, 5.74) is 1.85. The molecule has 0 spiro atoms. The number of phenolic OH excluding ortho intramolecular Hbond substituents is 2. The van der Waals surface area contributed by atoms with Gasteiger partial charge in [0.25, 0.3) is 0 Å². The highest BCUT2D eigenvalue weighted by atomic mass is 16.5. The molecule has 1 aromatic heterocycles. The molecule has 0 amide bonds. The van der Waals surface area contributed by atoms with Crippen molar-refractivity contribution in [3.05, 3.63) is 72.3 Å². The van der Waals surface area contributed by atoms with Gasteiger partial charge in [-0.3, -0.25) is 0 Å². The second-order valence-electron chi connectivity index (χ2n) is 7.77. The summed E-state index contributed by atoms with van der Waals surface area (Å²) in [5, 5.41) is 20.9. The van der Waals surface area contributed by atoms with E-state index in [1.807, 2.05) is 6.92 Å². The number of unbranched alkanes of at least 4 members (excludes halogenated alkanes) is 1. The van der Waals surface area contributed by atoms with Crippen LogP contribution in [0.4, 0.5) is 0 Å². The van der Waals surface area contributed by atoms with E-state index in [1.165, 1.54) is 13.2 Å². The Morgan fingerprint density at radius 1 is 0.829 bits per heavy atom. The lowest BCUT2D eigenvalue weighted by Gasteiger charge is -2.11. The molecule has 0 saturated carbocycles. The molecule has 0 unspecified atom stereocenters. The Morgan fingerprint density at radius 3 is 2.11 bits per heavy atom. The van der Waals surface area contributed by atoms with E-state index in [-0.39, 0.29) is 29.1 Å². The van der Waals surface area contributed by atoms with E-state index < -0.39 is 0 Å². The number of esters is 1. The Bertz CT molecular complexity index is 1340. The molecule has 4 aromatic rings. The van der Waals surface area contributed by atoms with Crippen molar-refractivity contribution < 1.29 is 24.5 Å². The number of methoxy groups -OCH3 is 1. The zero-order valence-corrected chi connectivity index (χ0v) is 19.4. The highest BCUT2D eigenvalue weighted by Gasteiger charge is 2.17. The number of rotatable bonds is 8. The molecular weight excluding hydrogens is 446 g/mol. The summed E-state index contributed by atoms with van der Waals surface area (Å²) in [5.74, 6) is 0.823. The molecule has 0 aliphatic carbocycles. The van der Waals surface area contributed by atoms with Crippen LogP contribution in [0.1, 0.15) is 30.1 Å². The molecule has 0 bridgehead atoms. The molecule has 0 fully saturated rings. The van der Waals surface area contributed by atoms with E-state index in [0.29, 0.717) is 40.4 Å². The lowest BCUT2D eigenvalue weighted by atomic mass is 10.1. The van der Waals surface area contributed by atoms with Crippen LogP contribution >= 0.6 is 0 Å². The predicted octanol–water partition coefficient (Wildman–Crippen LogP) is 5.25. The van der Waals surface area contributed by atoms with Gasteiger partial charge in [-0.05, 0) is 42.8 Å². The lowest BCUT2D eigenvalue weighted by Crippen LogP contribution is -2.06. The molecule has 178 valence electrons. The molecule has 0 aliphatic rings. The minimum atomic E-state index is -0.389. The lowest BCUT2D eigenvalue weighted by molar-refractivity contribution is 0.0499. The number of carbonyl (C=O) groups is 1. The van der Waals surface area contributed by atoms with Gasteiger partial charge >= 0.3 is 5.97 Å². The van der Waals surface area contributed by atoms with Crippen molar-refractivity contribution in [2.75, 3.05) is 13.7 Å².